The summed E-state index contributed by atoms with van der Waals surface area (Å²) in [6.45, 7) is 1.97. The highest BCUT2D eigenvalue weighted by atomic mass is 35.5. The third-order valence-corrected chi connectivity index (χ3v) is 5.78. The molecule has 1 aliphatic heterocycles. The van der Waals surface area contributed by atoms with Gasteiger partial charge < -0.3 is 15.0 Å². The zero-order valence-corrected chi connectivity index (χ0v) is 19.1. The molecule has 34 heavy (non-hydrogen) atoms. The maximum Gasteiger partial charge on any atom is 0.412 e. The van der Waals surface area contributed by atoms with Crippen molar-refractivity contribution in [3.63, 3.8) is 0 Å². The van der Waals surface area contributed by atoms with Crippen LogP contribution in [0.1, 0.15) is 34.3 Å². The van der Waals surface area contributed by atoms with Crippen LogP contribution in [0.25, 0.3) is 0 Å². The molecule has 1 aromatic heterocycles. The SMILES string of the molecule is O=C(Nc1ccc(CNC(=O)c2cc(F)ccc2N2CCCC2)cc1Cl)OCc1cccnc1. The molecule has 4 rings (SSSR count). The van der Waals surface area contributed by atoms with Crippen molar-refractivity contribution in [2.24, 2.45) is 0 Å². The van der Waals surface area contributed by atoms with E-state index in [9.17, 15) is 14.0 Å². The van der Waals surface area contributed by atoms with Gasteiger partial charge in [-0.1, -0.05) is 23.7 Å². The van der Waals surface area contributed by atoms with E-state index in [1.165, 1.54) is 12.1 Å². The molecular weight excluding hydrogens is 459 g/mol. The van der Waals surface area contributed by atoms with Crippen LogP contribution in [0.3, 0.4) is 0 Å². The van der Waals surface area contributed by atoms with Gasteiger partial charge in [0.2, 0.25) is 0 Å². The van der Waals surface area contributed by atoms with E-state index in [1.807, 2.05) is 0 Å². The molecule has 0 spiro atoms. The lowest BCUT2D eigenvalue weighted by Crippen LogP contribution is -2.27. The molecule has 0 atom stereocenters. The van der Waals surface area contributed by atoms with E-state index in [4.69, 9.17) is 16.3 Å². The monoisotopic (exact) mass is 482 g/mol. The lowest BCUT2D eigenvalue weighted by molar-refractivity contribution is 0.0951. The van der Waals surface area contributed by atoms with Gasteiger partial charge in [0, 0.05) is 43.3 Å². The Balaban J connectivity index is 1.34. The van der Waals surface area contributed by atoms with Crippen LogP contribution in [0.15, 0.2) is 60.9 Å². The van der Waals surface area contributed by atoms with Crippen LogP contribution in [-0.4, -0.2) is 30.1 Å². The lowest BCUT2D eigenvalue weighted by atomic mass is 10.1. The Bertz CT molecular complexity index is 1170. The largest absolute Gasteiger partial charge is 0.444 e. The van der Waals surface area contributed by atoms with Crippen LogP contribution >= 0.6 is 11.6 Å². The van der Waals surface area contributed by atoms with Crippen LogP contribution in [-0.2, 0) is 17.9 Å². The molecule has 0 aliphatic carbocycles. The summed E-state index contributed by atoms with van der Waals surface area (Å²) < 4.78 is 19.0. The third kappa shape index (κ3) is 6.02. The summed E-state index contributed by atoms with van der Waals surface area (Å²) in [4.78, 5) is 30.9. The second-order valence-electron chi connectivity index (χ2n) is 7.91. The van der Waals surface area contributed by atoms with Gasteiger partial charge in [0.1, 0.15) is 12.4 Å². The first kappa shape index (κ1) is 23.5. The van der Waals surface area contributed by atoms with Gasteiger partial charge in [0.15, 0.2) is 0 Å². The third-order valence-electron chi connectivity index (χ3n) is 5.47. The van der Waals surface area contributed by atoms with Crippen molar-refractivity contribution in [3.8, 4) is 0 Å². The van der Waals surface area contributed by atoms with Gasteiger partial charge in [-0.25, -0.2) is 9.18 Å². The average Bonchev–Trinajstić information content (AvgIpc) is 3.38. The molecule has 9 heteroatoms. The number of rotatable bonds is 7. The van der Waals surface area contributed by atoms with E-state index in [0.717, 1.165) is 42.7 Å². The fourth-order valence-corrected chi connectivity index (χ4v) is 4.00. The average molecular weight is 483 g/mol. The molecule has 1 aliphatic rings. The van der Waals surface area contributed by atoms with E-state index in [1.54, 1.807) is 48.8 Å². The Morgan fingerprint density at radius 1 is 1.09 bits per heavy atom. The van der Waals surface area contributed by atoms with E-state index in [-0.39, 0.29) is 19.1 Å². The quantitative estimate of drug-likeness (QED) is 0.486. The Morgan fingerprint density at radius 3 is 2.65 bits per heavy atom. The van der Waals surface area contributed by atoms with Crippen molar-refractivity contribution in [1.82, 2.24) is 10.3 Å². The Kier molecular flexibility index (Phi) is 7.59. The number of benzene rings is 2. The lowest BCUT2D eigenvalue weighted by Gasteiger charge is -2.21. The van der Waals surface area contributed by atoms with Gasteiger partial charge in [-0.3, -0.25) is 15.1 Å². The summed E-state index contributed by atoms with van der Waals surface area (Å²) in [5.74, 6) is -0.819. The number of ether oxygens (including phenoxy) is 1. The number of pyridine rings is 1. The first-order valence-corrected chi connectivity index (χ1v) is 11.3. The number of carbonyl (C=O) groups excluding carboxylic acids is 2. The highest BCUT2D eigenvalue weighted by molar-refractivity contribution is 6.33. The molecule has 1 saturated heterocycles. The predicted octanol–water partition coefficient (Wildman–Crippen LogP) is 5.15. The van der Waals surface area contributed by atoms with E-state index >= 15 is 0 Å². The molecule has 2 amide bonds. The zero-order chi connectivity index (χ0) is 23.9. The van der Waals surface area contributed by atoms with Gasteiger partial charge in [-0.15, -0.1) is 0 Å². The first-order valence-electron chi connectivity index (χ1n) is 10.9. The standard InChI is InChI=1S/C25H24ClFN4O3/c26-21-12-17(5-7-22(21)30-25(33)34-16-18-4-3-9-28-14-18)15-29-24(32)20-13-19(27)6-8-23(20)31-10-1-2-11-31/h3-9,12-14H,1-2,10-11,15-16H2,(H,29,32)(H,30,33). The minimum atomic E-state index is -0.646. The number of hydrogen-bond donors (Lipinski definition) is 2. The zero-order valence-electron chi connectivity index (χ0n) is 18.4. The molecule has 0 saturated carbocycles. The fourth-order valence-electron chi connectivity index (χ4n) is 3.75. The molecule has 2 aromatic carbocycles. The molecule has 2 heterocycles. The van der Waals surface area contributed by atoms with E-state index in [2.05, 4.69) is 20.5 Å². The van der Waals surface area contributed by atoms with Gasteiger partial charge in [-0.2, -0.15) is 0 Å². The highest BCUT2D eigenvalue weighted by Gasteiger charge is 2.20. The first-order chi connectivity index (χ1) is 16.5. The summed E-state index contributed by atoms with van der Waals surface area (Å²) in [5, 5.41) is 5.72. The molecule has 0 unspecified atom stereocenters. The van der Waals surface area contributed by atoms with Crippen molar-refractivity contribution in [3.05, 3.63) is 88.5 Å². The molecule has 1 fully saturated rings. The number of carbonyl (C=O) groups is 2. The van der Waals surface area contributed by atoms with Gasteiger partial charge in [-0.05, 0) is 54.8 Å². The Hall–Kier alpha value is -3.65. The van der Waals surface area contributed by atoms with Crippen molar-refractivity contribution < 1.29 is 18.7 Å². The Morgan fingerprint density at radius 2 is 1.91 bits per heavy atom. The van der Waals surface area contributed by atoms with E-state index < -0.39 is 11.9 Å². The van der Waals surface area contributed by atoms with Crippen molar-refractivity contribution >= 4 is 35.0 Å². The molecule has 176 valence electrons. The fraction of sp³-hybridized carbons (Fsp3) is 0.240. The normalized spacial score (nSPS) is 12.9. The van der Waals surface area contributed by atoms with Crippen molar-refractivity contribution in [2.45, 2.75) is 26.0 Å². The van der Waals surface area contributed by atoms with Crippen LogP contribution in [0.5, 0.6) is 0 Å². The Labute approximate surface area is 201 Å². The topological polar surface area (TPSA) is 83.6 Å². The van der Waals surface area contributed by atoms with E-state index in [0.29, 0.717) is 16.3 Å². The molecular formula is C25H24ClFN4O3. The predicted molar refractivity (Wildman–Crippen MR) is 129 cm³/mol. The molecule has 2 N–H and O–H groups in total. The van der Waals surface area contributed by atoms with Crippen LogP contribution in [0, 0.1) is 5.82 Å². The number of amides is 2. The molecule has 0 radical (unpaired) electrons. The summed E-state index contributed by atoms with van der Waals surface area (Å²) in [6, 6.07) is 12.9. The van der Waals surface area contributed by atoms with Crippen molar-refractivity contribution in [1.29, 1.82) is 0 Å². The number of hydrogen-bond acceptors (Lipinski definition) is 5. The number of halogens is 2. The minimum Gasteiger partial charge on any atom is -0.444 e. The number of anilines is 2. The maximum atomic E-state index is 13.8. The molecule has 7 nitrogen and oxygen atoms in total. The summed E-state index contributed by atoms with van der Waals surface area (Å²) >= 11 is 6.31. The van der Waals surface area contributed by atoms with Gasteiger partial charge in [0.25, 0.3) is 5.91 Å². The minimum absolute atomic E-state index is 0.0842. The number of nitrogens with one attached hydrogen (secondary N) is 2. The summed E-state index contributed by atoms with van der Waals surface area (Å²) in [7, 11) is 0. The molecule has 3 aromatic rings. The maximum absolute atomic E-state index is 13.8. The number of aromatic nitrogens is 1. The van der Waals surface area contributed by atoms with Gasteiger partial charge >= 0.3 is 6.09 Å². The van der Waals surface area contributed by atoms with Crippen LogP contribution < -0.4 is 15.5 Å². The second kappa shape index (κ2) is 11.0. The van der Waals surface area contributed by atoms with Crippen molar-refractivity contribution in [2.75, 3.05) is 23.3 Å². The smallest absolute Gasteiger partial charge is 0.412 e. The molecule has 0 bridgehead atoms. The summed E-state index contributed by atoms with van der Waals surface area (Å²) in [6.07, 6.45) is 4.70. The highest BCUT2D eigenvalue weighted by Crippen LogP contribution is 2.26. The summed E-state index contributed by atoms with van der Waals surface area (Å²) in [5.41, 5.74) is 2.92. The van der Waals surface area contributed by atoms with Crippen LogP contribution in [0.2, 0.25) is 5.02 Å². The number of nitrogens with zero attached hydrogens (tertiary/aromatic N) is 2. The van der Waals surface area contributed by atoms with Crippen LogP contribution in [0.4, 0.5) is 20.6 Å². The van der Waals surface area contributed by atoms with Gasteiger partial charge in [0.05, 0.1) is 16.3 Å². The second-order valence-corrected chi connectivity index (χ2v) is 8.32.